The molecule has 0 amide bonds. The summed E-state index contributed by atoms with van der Waals surface area (Å²) in [7, 11) is -2.77. The summed E-state index contributed by atoms with van der Waals surface area (Å²) in [5.41, 5.74) is 3.92. The molecular formula is C13H18N2O2S. The van der Waals surface area contributed by atoms with Gasteiger partial charge in [0.1, 0.15) is 0 Å². The molecule has 0 saturated carbocycles. The van der Waals surface area contributed by atoms with Crippen LogP contribution in [0.4, 0.5) is 5.69 Å². The summed E-state index contributed by atoms with van der Waals surface area (Å²) in [5, 5.41) is 3.35. The Balaban J connectivity index is 1.67. The van der Waals surface area contributed by atoms with Crippen LogP contribution < -0.4 is 5.32 Å². The highest BCUT2D eigenvalue weighted by molar-refractivity contribution is 7.91. The van der Waals surface area contributed by atoms with Gasteiger partial charge in [-0.3, -0.25) is 4.90 Å². The lowest BCUT2D eigenvalue weighted by atomic mass is 10.1. The van der Waals surface area contributed by atoms with E-state index in [2.05, 4.69) is 28.4 Å². The van der Waals surface area contributed by atoms with Crippen molar-refractivity contribution in [1.82, 2.24) is 4.90 Å². The lowest BCUT2D eigenvalue weighted by Crippen LogP contribution is -2.39. The number of nitrogens with one attached hydrogen (secondary N) is 1. The molecule has 0 aliphatic carbocycles. The van der Waals surface area contributed by atoms with Crippen molar-refractivity contribution >= 4 is 15.5 Å². The molecule has 0 bridgehead atoms. The summed E-state index contributed by atoms with van der Waals surface area (Å²) < 4.78 is 22.7. The van der Waals surface area contributed by atoms with Crippen molar-refractivity contribution in [3.63, 3.8) is 0 Å². The van der Waals surface area contributed by atoms with Gasteiger partial charge < -0.3 is 5.32 Å². The number of benzene rings is 1. The van der Waals surface area contributed by atoms with E-state index < -0.39 is 9.84 Å². The Labute approximate surface area is 108 Å². The molecule has 4 nitrogen and oxygen atoms in total. The molecule has 1 aromatic rings. The van der Waals surface area contributed by atoms with E-state index in [-0.39, 0.29) is 0 Å². The Hall–Kier alpha value is -1.07. The highest BCUT2D eigenvalue weighted by Crippen LogP contribution is 2.23. The van der Waals surface area contributed by atoms with E-state index in [1.807, 2.05) is 0 Å². The maximum atomic E-state index is 11.4. The molecule has 3 rings (SSSR count). The fraction of sp³-hybridized carbons (Fsp3) is 0.538. The van der Waals surface area contributed by atoms with Gasteiger partial charge in [0, 0.05) is 31.9 Å². The fourth-order valence-electron chi connectivity index (χ4n) is 2.62. The topological polar surface area (TPSA) is 49.4 Å². The van der Waals surface area contributed by atoms with Crippen molar-refractivity contribution in [2.45, 2.75) is 13.0 Å². The van der Waals surface area contributed by atoms with Crippen molar-refractivity contribution < 1.29 is 8.42 Å². The minimum atomic E-state index is -2.77. The average Bonchev–Trinajstić information content (AvgIpc) is 2.79. The molecular weight excluding hydrogens is 248 g/mol. The van der Waals surface area contributed by atoms with Crippen molar-refractivity contribution in [1.29, 1.82) is 0 Å². The minimum Gasteiger partial charge on any atom is -0.384 e. The zero-order valence-corrected chi connectivity index (χ0v) is 11.2. The van der Waals surface area contributed by atoms with Gasteiger partial charge in [-0.15, -0.1) is 0 Å². The molecule has 1 fully saturated rings. The van der Waals surface area contributed by atoms with E-state index in [1.165, 1.54) is 16.8 Å². The van der Waals surface area contributed by atoms with Crippen LogP contribution in [0.3, 0.4) is 0 Å². The van der Waals surface area contributed by atoms with Gasteiger partial charge in [-0.25, -0.2) is 8.42 Å². The van der Waals surface area contributed by atoms with Crippen molar-refractivity contribution in [3.8, 4) is 0 Å². The molecule has 0 unspecified atom stereocenters. The number of nitrogens with zero attached hydrogens (tertiary/aromatic N) is 1. The van der Waals surface area contributed by atoms with Crippen LogP contribution in [0.15, 0.2) is 18.2 Å². The van der Waals surface area contributed by atoms with Crippen molar-refractivity contribution in [3.05, 3.63) is 29.3 Å². The van der Waals surface area contributed by atoms with Gasteiger partial charge in [-0.1, -0.05) is 12.1 Å². The van der Waals surface area contributed by atoms with E-state index in [1.54, 1.807) is 0 Å². The predicted octanol–water partition coefficient (Wildman–Crippen LogP) is 0.885. The maximum Gasteiger partial charge on any atom is 0.152 e. The Kier molecular flexibility index (Phi) is 3.03. The monoisotopic (exact) mass is 266 g/mol. The Morgan fingerprint density at radius 2 is 2.00 bits per heavy atom. The summed E-state index contributed by atoms with van der Waals surface area (Å²) in [6.45, 7) is 3.22. The first-order valence-corrected chi connectivity index (χ1v) is 8.23. The van der Waals surface area contributed by atoms with Crippen LogP contribution in [-0.4, -0.2) is 44.5 Å². The summed E-state index contributed by atoms with van der Waals surface area (Å²) in [6, 6.07) is 6.52. The first-order chi connectivity index (χ1) is 8.62. The summed E-state index contributed by atoms with van der Waals surface area (Å²) in [5.74, 6) is 0.610. The highest BCUT2D eigenvalue weighted by atomic mass is 32.2. The van der Waals surface area contributed by atoms with Crippen LogP contribution in [0, 0.1) is 0 Å². The third kappa shape index (κ3) is 2.52. The van der Waals surface area contributed by atoms with Gasteiger partial charge in [0.25, 0.3) is 0 Å². The van der Waals surface area contributed by atoms with Crippen LogP contribution >= 0.6 is 0 Å². The van der Waals surface area contributed by atoms with Gasteiger partial charge in [-0.2, -0.15) is 0 Å². The standard InChI is InChI=1S/C13H18N2O2S/c16-18(17)7-5-15(6-8-18)10-11-1-2-13-12(9-11)3-4-14-13/h1-2,9,14H,3-8,10H2. The molecule has 1 saturated heterocycles. The largest absolute Gasteiger partial charge is 0.384 e. The van der Waals surface area contributed by atoms with Crippen LogP contribution in [0.1, 0.15) is 11.1 Å². The minimum absolute atomic E-state index is 0.305. The van der Waals surface area contributed by atoms with Gasteiger partial charge in [0.2, 0.25) is 0 Å². The number of hydrogen-bond acceptors (Lipinski definition) is 4. The molecule has 0 spiro atoms. The summed E-state index contributed by atoms with van der Waals surface area (Å²) >= 11 is 0. The van der Waals surface area contributed by atoms with E-state index >= 15 is 0 Å². The van der Waals surface area contributed by atoms with Crippen LogP contribution in [0.5, 0.6) is 0 Å². The quantitative estimate of drug-likeness (QED) is 0.863. The van der Waals surface area contributed by atoms with Gasteiger partial charge in [0.15, 0.2) is 9.84 Å². The normalized spacial score (nSPS) is 22.4. The second-order valence-corrected chi connectivity index (χ2v) is 7.40. The van der Waals surface area contributed by atoms with E-state index in [0.717, 1.165) is 19.5 Å². The zero-order chi connectivity index (χ0) is 12.6. The molecule has 2 heterocycles. The number of sulfone groups is 1. The Bertz CT molecular complexity index is 540. The Morgan fingerprint density at radius 1 is 1.22 bits per heavy atom. The molecule has 2 aliphatic rings. The highest BCUT2D eigenvalue weighted by Gasteiger charge is 2.21. The lowest BCUT2D eigenvalue weighted by Gasteiger charge is -2.26. The molecule has 0 atom stereocenters. The van der Waals surface area contributed by atoms with Gasteiger partial charge >= 0.3 is 0 Å². The van der Waals surface area contributed by atoms with Crippen molar-refractivity contribution in [2.75, 3.05) is 36.5 Å². The van der Waals surface area contributed by atoms with E-state index in [0.29, 0.717) is 24.6 Å². The van der Waals surface area contributed by atoms with E-state index in [4.69, 9.17) is 0 Å². The fourth-order valence-corrected chi connectivity index (χ4v) is 3.90. The second kappa shape index (κ2) is 4.55. The second-order valence-electron chi connectivity index (χ2n) is 5.10. The molecule has 18 heavy (non-hydrogen) atoms. The van der Waals surface area contributed by atoms with Gasteiger partial charge in [-0.05, 0) is 23.6 Å². The number of rotatable bonds is 2. The first-order valence-electron chi connectivity index (χ1n) is 6.41. The maximum absolute atomic E-state index is 11.4. The van der Waals surface area contributed by atoms with Crippen LogP contribution in [-0.2, 0) is 22.8 Å². The summed E-state index contributed by atoms with van der Waals surface area (Å²) in [4.78, 5) is 2.23. The number of anilines is 1. The SMILES string of the molecule is O=S1(=O)CCN(Cc2ccc3c(c2)CCN3)CC1. The molecule has 2 aliphatic heterocycles. The smallest absolute Gasteiger partial charge is 0.152 e. The number of hydrogen-bond donors (Lipinski definition) is 1. The number of fused-ring (bicyclic) bond motifs is 1. The third-order valence-electron chi connectivity index (χ3n) is 3.72. The van der Waals surface area contributed by atoms with E-state index in [9.17, 15) is 8.42 Å². The third-order valence-corrected chi connectivity index (χ3v) is 5.33. The van der Waals surface area contributed by atoms with Crippen LogP contribution in [0.25, 0.3) is 0 Å². The summed E-state index contributed by atoms with van der Waals surface area (Å²) in [6.07, 6.45) is 1.09. The lowest BCUT2D eigenvalue weighted by molar-refractivity contribution is 0.287. The molecule has 98 valence electrons. The predicted molar refractivity (Wildman–Crippen MR) is 72.6 cm³/mol. The molecule has 1 aromatic carbocycles. The molecule has 1 N–H and O–H groups in total. The van der Waals surface area contributed by atoms with Crippen LogP contribution in [0.2, 0.25) is 0 Å². The Morgan fingerprint density at radius 3 is 2.78 bits per heavy atom. The molecule has 0 radical (unpaired) electrons. The zero-order valence-electron chi connectivity index (χ0n) is 10.4. The van der Waals surface area contributed by atoms with Crippen molar-refractivity contribution in [2.24, 2.45) is 0 Å². The average molecular weight is 266 g/mol. The molecule has 0 aromatic heterocycles. The van der Waals surface area contributed by atoms with Gasteiger partial charge in [0.05, 0.1) is 11.5 Å². The molecule has 5 heteroatoms. The first kappa shape index (κ1) is 12.0.